The highest BCUT2D eigenvalue weighted by Crippen LogP contribution is 2.28. The number of hydrogen-bond acceptors (Lipinski definition) is 3. The molecule has 94 valence electrons. The zero-order chi connectivity index (χ0) is 12.3. The monoisotopic (exact) mass is 233 g/mol. The molecule has 2 rings (SSSR count). The van der Waals surface area contributed by atoms with Crippen molar-refractivity contribution in [2.75, 3.05) is 6.54 Å². The second-order valence-corrected chi connectivity index (χ2v) is 5.12. The van der Waals surface area contributed by atoms with E-state index in [-0.39, 0.29) is 6.04 Å². The fourth-order valence-electron chi connectivity index (χ4n) is 2.86. The molecule has 3 atom stereocenters. The van der Waals surface area contributed by atoms with Crippen LogP contribution in [0.25, 0.3) is 0 Å². The summed E-state index contributed by atoms with van der Waals surface area (Å²) in [5.41, 5.74) is 7.46. The molecule has 2 heterocycles. The summed E-state index contributed by atoms with van der Waals surface area (Å²) in [6.07, 6.45) is 7.57. The van der Waals surface area contributed by atoms with Gasteiger partial charge in [-0.2, -0.15) is 0 Å². The highest BCUT2D eigenvalue weighted by Gasteiger charge is 2.29. The summed E-state index contributed by atoms with van der Waals surface area (Å²) >= 11 is 0. The fourth-order valence-corrected chi connectivity index (χ4v) is 2.86. The maximum atomic E-state index is 6.12. The van der Waals surface area contributed by atoms with Crippen LogP contribution in [0.2, 0.25) is 0 Å². The smallest absolute Gasteiger partial charge is 0.0324 e. The number of likely N-dealkylation sites (tertiary alicyclic amines) is 1. The van der Waals surface area contributed by atoms with Gasteiger partial charge in [0.25, 0.3) is 0 Å². The Balaban J connectivity index is 2.14. The molecule has 0 aromatic carbocycles. The minimum Gasteiger partial charge on any atom is -0.327 e. The van der Waals surface area contributed by atoms with Crippen molar-refractivity contribution in [2.45, 2.75) is 51.2 Å². The summed E-state index contributed by atoms with van der Waals surface area (Å²) in [6, 6.07) is 5.43. The third-order valence-electron chi connectivity index (χ3n) is 3.89. The Bertz CT molecular complexity index is 337. The van der Waals surface area contributed by atoms with E-state index in [0.29, 0.717) is 12.1 Å². The lowest BCUT2D eigenvalue weighted by Gasteiger charge is -2.42. The van der Waals surface area contributed by atoms with Gasteiger partial charge in [-0.15, -0.1) is 0 Å². The van der Waals surface area contributed by atoms with E-state index in [9.17, 15) is 0 Å². The number of nitrogens with two attached hydrogens (primary N) is 1. The fraction of sp³-hybridized carbons (Fsp3) is 0.643. The number of aromatic nitrogens is 1. The van der Waals surface area contributed by atoms with E-state index in [1.54, 1.807) is 0 Å². The van der Waals surface area contributed by atoms with E-state index in [4.69, 9.17) is 5.73 Å². The predicted octanol–water partition coefficient (Wildman–Crippen LogP) is 2.34. The Hall–Kier alpha value is -0.930. The van der Waals surface area contributed by atoms with Crippen LogP contribution in [0, 0.1) is 0 Å². The van der Waals surface area contributed by atoms with Gasteiger partial charge < -0.3 is 5.73 Å². The molecular formula is C14H23N3. The highest BCUT2D eigenvalue weighted by atomic mass is 15.2. The summed E-state index contributed by atoms with van der Waals surface area (Å²) < 4.78 is 0. The summed E-state index contributed by atoms with van der Waals surface area (Å²) in [5.74, 6) is 0. The number of piperidine rings is 1. The van der Waals surface area contributed by atoms with Crippen LogP contribution in [0.3, 0.4) is 0 Å². The molecule has 1 aromatic heterocycles. The predicted molar refractivity (Wildman–Crippen MR) is 70.6 cm³/mol. The Morgan fingerprint density at radius 3 is 2.65 bits per heavy atom. The van der Waals surface area contributed by atoms with Crippen LogP contribution in [0.1, 0.15) is 44.7 Å². The largest absolute Gasteiger partial charge is 0.327 e. The molecule has 2 N–H and O–H groups in total. The van der Waals surface area contributed by atoms with Crippen LogP contribution in [0.15, 0.2) is 24.5 Å². The van der Waals surface area contributed by atoms with Gasteiger partial charge >= 0.3 is 0 Å². The molecule has 0 radical (unpaired) electrons. The highest BCUT2D eigenvalue weighted by molar-refractivity contribution is 5.15. The average molecular weight is 233 g/mol. The first kappa shape index (κ1) is 12.5. The Morgan fingerprint density at radius 1 is 1.29 bits per heavy atom. The molecule has 17 heavy (non-hydrogen) atoms. The van der Waals surface area contributed by atoms with Crippen LogP contribution in [-0.2, 0) is 0 Å². The van der Waals surface area contributed by atoms with E-state index >= 15 is 0 Å². The van der Waals surface area contributed by atoms with Crippen molar-refractivity contribution in [2.24, 2.45) is 5.73 Å². The first-order chi connectivity index (χ1) is 8.20. The molecule has 0 bridgehead atoms. The number of rotatable bonds is 3. The second-order valence-electron chi connectivity index (χ2n) is 5.12. The summed E-state index contributed by atoms with van der Waals surface area (Å²) in [7, 11) is 0. The number of pyridine rings is 1. The topological polar surface area (TPSA) is 42.1 Å². The normalized spacial score (nSPS) is 25.5. The molecule has 1 saturated heterocycles. The minimum absolute atomic E-state index is 0.250. The maximum absolute atomic E-state index is 6.12. The molecule has 1 aromatic rings. The molecule has 1 fully saturated rings. The van der Waals surface area contributed by atoms with Crippen LogP contribution >= 0.6 is 0 Å². The Labute approximate surface area is 104 Å². The Kier molecular flexibility index (Phi) is 4.13. The van der Waals surface area contributed by atoms with Crippen molar-refractivity contribution in [1.82, 2.24) is 9.88 Å². The molecule has 0 amide bonds. The van der Waals surface area contributed by atoms with Crippen LogP contribution in [-0.4, -0.2) is 28.5 Å². The lowest BCUT2D eigenvalue weighted by molar-refractivity contribution is 0.0890. The van der Waals surface area contributed by atoms with E-state index < -0.39 is 0 Å². The third-order valence-corrected chi connectivity index (χ3v) is 3.89. The first-order valence-corrected chi connectivity index (χ1v) is 6.61. The van der Waals surface area contributed by atoms with Crippen molar-refractivity contribution in [1.29, 1.82) is 0 Å². The molecule has 0 saturated carbocycles. The standard InChI is InChI=1S/C14H23N3/c1-11(15)14-5-3-4-10-17(14)12(2)13-6-8-16-9-7-13/h6-9,11-12,14H,3-5,10,15H2,1-2H3. The van der Waals surface area contributed by atoms with Gasteiger partial charge in [0.05, 0.1) is 0 Å². The second kappa shape index (κ2) is 5.61. The van der Waals surface area contributed by atoms with Crippen molar-refractivity contribution in [3.8, 4) is 0 Å². The van der Waals surface area contributed by atoms with Crippen molar-refractivity contribution in [3.63, 3.8) is 0 Å². The molecule has 3 nitrogen and oxygen atoms in total. The van der Waals surface area contributed by atoms with Crippen molar-refractivity contribution >= 4 is 0 Å². The van der Waals surface area contributed by atoms with Crippen molar-refractivity contribution < 1.29 is 0 Å². The molecule has 0 aliphatic carbocycles. The van der Waals surface area contributed by atoms with E-state index in [1.807, 2.05) is 12.4 Å². The van der Waals surface area contributed by atoms with Crippen LogP contribution in [0.4, 0.5) is 0 Å². The molecule has 3 unspecified atom stereocenters. The van der Waals surface area contributed by atoms with E-state index in [0.717, 1.165) is 6.54 Å². The van der Waals surface area contributed by atoms with E-state index in [1.165, 1.54) is 24.8 Å². The zero-order valence-electron chi connectivity index (χ0n) is 10.8. The van der Waals surface area contributed by atoms with Gasteiger partial charge in [-0.25, -0.2) is 0 Å². The zero-order valence-corrected chi connectivity index (χ0v) is 10.8. The van der Waals surface area contributed by atoms with Gasteiger partial charge in [-0.3, -0.25) is 9.88 Å². The van der Waals surface area contributed by atoms with Gasteiger partial charge in [0.15, 0.2) is 0 Å². The SMILES string of the molecule is CC(N)C1CCCCN1C(C)c1ccncc1. The lowest BCUT2D eigenvalue weighted by atomic mass is 9.93. The average Bonchev–Trinajstić information content (AvgIpc) is 2.39. The summed E-state index contributed by atoms with van der Waals surface area (Å²) in [5, 5.41) is 0. The lowest BCUT2D eigenvalue weighted by Crippen LogP contribution is -2.49. The van der Waals surface area contributed by atoms with Gasteiger partial charge in [0.1, 0.15) is 0 Å². The quantitative estimate of drug-likeness (QED) is 0.871. The third kappa shape index (κ3) is 2.85. The number of nitrogens with zero attached hydrogens (tertiary/aromatic N) is 2. The molecule has 3 heteroatoms. The maximum Gasteiger partial charge on any atom is 0.0324 e. The van der Waals surface area contributed by atoms with Crippen molar-refractivity contribution in [3.05, 3.63) is 30.1 Å². The van der Waals surface area contributed by atoms with Gasteiger partial charge in [-0.05, 0) is 50.9 Å². The van der Waals surface area contributed by atoms with Gasteiger partial charge in [0, 0.05) is 30.5 Å². The molecule has 1 aliphatic rings. The number of hydrogen-bond donors (Lipinski definition) is 1. The molecule has 1 aliphatic heterocycles. The summed E-state index contributed by atoms with van der Waals surface area (Å²) in [6.45, 7) is 5.56. The van der Waals surface area contributed by atoms with Gasteiger partial charge in [-0.1, -0.05) is 6.42 Å². The Morgan fingerprint density at radius 2 is 2.00 bits per heavy atom. The minimum atomic E-state index is 0.250. The van der Waals surface area contributed by atoms with E-state index in [2.05, 4.69) is 35.9 Å². The van der Waals surface area contributed by atoms with Gasteiger partial charge in [0.2, 0.25) is 0 Å². The first-order valence-electron chi connectivity index (χ1n) is 6.61. The molecule has 0 spiro atoms. The summed E-state index contributed by atoms with van der Waals surface area (Å²) in [4.78, 5) is 6.64. The van der Waals surface area contributed by atoms with Crippen LogP contribution in [0.5, 0.6) is 0 Å². The van der Waals surface area contributed by atoms with Crippen LogP contribution < -0.4 is 5.73 Å². The molecular weight excluding hydrogens is 210 g/mol.